The van der Waals surface area contributed by atoms with Crippen LogP contribution in [-0.2, 0) is 5.41 Å². The summed E-state index contributed by atoms with van der Waals surface area (Å²) in [5, 5.41) is 0. The van der Waals surface area contributed by atoms with Crippen molar-refractivity contribution in [3.05, 3.63) is 56.5 Å². The van der Waals surface area contributed by atoms with Crippen molar-refractivity contribution >= 4 is 31.9 Å². The zero-order valence-electron chi connectivity index (χ0n) is 11.3. The molecule has 1 spiro atoms. The van der Waals surface area contributed by atoms with E-state index in [0.29, 0.717) is 0 Å². The van der Waals surface area contributed by atoms with E-state index in [1.54, 1.807) is 11.1 Å². The summed E-state index contributed by atoms with van der Waals surface area (Å²) in [5.41, 5.74) is 6.23. The van der Waals surface area contributed by atoms with Crippen molar-refractivity contribution in [3.63, 3.8) is 0 Å². The molecule has 2 aliphatic rings. The Morgan fingerprint density at radius 2 is 1.20 bits per heavy atom. The first-order valence-corrected chi connectivity index (χ1v) is 8.90. The molecule has 0 atom stereocenters. The molecule has 2 aromatic carbocycles. The van der Waals surface area contributed by atoms with Crippen molar-refractivity contribution in [2.45, 2.75) is 37.5 Å². The summed E-state index contributed by atoms with van der Waals surface area (Å²) in [6, 6.07) is 13.6. The van der Waals surface area contributed by atoms with Gasteiger partial charge in [0.05, 0.1) is 0 Å². The van der Waals surface area contributed by atoms with E-state index in [0.717, 1.165) is 0 Å². The average Bonchev–Trinajstić information content (AvgIpc) is 2.70. The summed E-state index contributed by atoms with van der Waals surface area (Å²) in [5.74, 6) is 0. The molecule has 0 nitrogen and oxygen atoms in total. The van der Waals surface area contributed by atoms with Gasteiger partial charge in [0.2, 0.25) is 0 Å². The van der Waals surface area contributed by atoms with Crippen molar-refractivity contribution in [1.82, 2.24) is 0 Å². The van der Waals surface area contributed by atoms with Crippen molar-refractivity contribution in [2.75, 3.05) is 0 Å². The minimum absolute atomic E-state index is 0.260. The van der Waals surface area contributed by atoms with Crippen LogP contribution in [0.2, 0.25) is 0 Å². The molecule has 0 bridgehead atoms. The number of hydrogen-bond acceptors (Lipinski definition) is 0. The molecule has 0 N–H and O–H groups in total. The van der Waals surface area contributed by atoms with Crippen LogP contribution in [0.5, 0.6) is 0 Å². The van der Waals surface area contributed by atoms with Crippen LogP contribution in [0.3, 0.4) is 0 Å². The van der Waals surface area contributed by atoms with E-state index in [1.807, 2.05) is 0 Å². The Kier molecular flexibility index (Phi) is 3.08. The summed E-state index contributed by atoms with van der Waals surface area (Å²) in [6.07, 6.45) is 6.66. The molecule has 4 rings (SSSR count). The molecule has 1 saturated carbocycles. The summed E-state index contributed by atoms with van der Waals surface area (Å²) in [4.78, 5) is 0. The molecule has 2 aliphatic carbocycles. The average molecular weight is 392 g/mol. The minimum Gasteiger partial charge on any atom is -0.0532 e. The first kappa shape index (κ1) is 13.1. The first-order chi connectivity index (χ1) is 9.71. The van der Waals surface area contributed by atoms with Gasteiger partial charge in [0.1, 0.15) is 0 Å². The SMILES string of the molecule is Brc1ccc2c(c1)C1(CCCCC1)c1cc(Br)ccc1-2. The lowest BCUT2D eigenvalue weighted by Crippen LogP contribution is -2.28. The molecule has 0 saturated heterocycles. The Morgan fingerprint density at radius 3 is 1.70 bits per heavy atom. The molecule has 2 heteroatoms. The standard InChI is InChI=1S/C18H16Br2/c19-12-4-6-14-15-7-5-13(20)11-17(15)18(16(14)10-12)8-2-1-3-9-18/h4-7,10-11H,1-3,8-9H2. The van der Waals surface area contributed by atoms with Gasteiger partial charge < -0.3 is 0 Å². The summed E-state index contributed by atoms with van der Waals surface area (Å²) >= 11 is 7.33. The third-order valence-corrected chi connectivity index (χ3v) is 5.98. The predicted molar refractivity (Wildman–Crippen MR) is 91.1 cm³/mol. The Balaban J connectivity index is 2.03. The van der Waals surface area contributed by atoms with Gasteiger partial charge in [-0.1, -0.05) is 63.3 Å². The third-order valence-electron chi connectivity index (χ3n) is 4.99. The lowest BCUT2D eigenvalue weighted by atomic mass is 9.68. The fraction of sp³-hybridized carbons (Fsp3) is 0.333. The smallest absolute Gasteiger partial charge is 0.0216 e. The third kappa shape index (κ3) is 1.77. The van der Waals surface area contributed by atoms with Gasteiger partial charge in [-0.3, -0.25) is 0 Å². The Hall–Kier alpha value is -0.600. The summed E-state index contributed by atoms with van der Waals surface area (Å²) < 4.78 is 2.40. The molecule has 2 aromatic rings. The number of fused-ring (bicyclic) bond motifs is 5. The molecule has 0 heterocycles. The van der Waals surface area contributed by atoms with E-state index < -0.39 is 0 Å². The van der Waals surface area contributed by atoms with Crippen LogP contribution in [0, 0.1) is 0 Å². The number of benzene rings is 2. The number of rotatable bonds is 0. The van der Waals surface area contributed by atoms with Crippen LogP contribution in [0.15, 0.2) is 45.3 Å². The van der Waals surface area contributed by atoms with E-state index in [2.05, 4.69) is 68.3 Å². The van der Waals surface area contributed by atoms with Gasteiger partial charge in [-0.15, -0.1) is 0 Å². The molecule has 0 unspecified atom stereocenters. The van der Waals surface area contributed by atoms with Gasteiger partial charge in [-0.2, -0.15) is 0 Å². The lowest BCUT2D eigenvalue weighted by molar-refractivity contribution is 0.352. The molecule has 1 fully saturated rings. The largest absolute Gasteiger partial charge is 0.0532 e. The lowest BCUT2D eigenvalue weighted by Gasteiger charge is -2.36. The van der Waals surface area contributed by atoms with Crippen LogP contribution in [0.1, 0.15) is 43.2 Å². The van der Waals surface area contributed by atoms with E-state index >= 15 is 0 Å². The Bertz CT molecular complexity index is 628. The minimum atomic E-state index is 0.260. The highest BCUT2D eigenvalue weighted by Crippen LogP contribution is 2.56. The fourth-order valence-corrected chi connectivity index (χ4v) is 4.86. The summed E-state index contributed by atoms with van der Waals surface area (Å²) in [6.45, 7) is 0. The molecule has 20 heavy (non-hydrogen) atoms. The molecular formula is C18H16Br2. The maximum absolute atomic E-state index is 3.66. The van der Waals surface area contributed by atoms with E-state index in [1.165, 1.54) is 52.2 Å². The number of halogens is 2. The molecule has 0 amide bonds. The maximum atomic E-state index is 3.66. The molecule has 0 aromatic heterocycles. The van der Waals surface area contributed by atoms with Crippen LogP contribution in [0.4, 0.5) is 0 Å². The van der Waals surface area contributed by atoms with Crippen LogP contribution >= 0.6 is 31.9 Å². The van der Waals surface area contributed by atoms with Crippen molar-refractivity contribution in [3.8, 4) is 11.1 Å². The second kappa shape index (κ2) is 4.71. The zero-order valence-corrected chi connectivity index (χ0v) is 14.4. The summed E-state index contributed by atoms with van der Waals surface area (Å²) in [7, 11) is 0. The van der Waals surface area contributed by atoms with Gasteiger partial charge in [0.15, 0.2) is 0 Å². The zero-order chi connectivity index (χ0) is 13.7. The van der Waals surface area contributed by atoms with Crippen molar-refractivity contribution in [1.29, 1.82) is 0 Å². The Labute approximate surface area is 136 Å². The normalized spacial score (nSPS) is 18.9. The van der Waals surface area contributed by atoms with Gasteiger partial charge in [-0.05, 0) is 59.4 Å². The predicted octanol–water partition coefficient (Wildman–Crippen LogP) is 6.44. The highest BCUT2D eigenvalue weighted by atomic mass is 79.9. The van der Waals surface area contributed by atoms with Gasteiger partial charge in [0.25, 0.3) is 0 Å². The Morgan fingerprint density at radius 1 is 0.700 bits per heavy atom. The van der Waals surface area contributed by atoms with E-state index in [4.69, 9.17) is 0 Å². The van der Waals surface area contributed by atoms with E-state index in [9.17, 15) is 0 Å². The van der Waals surface area contributed by atoms with Crippen LogP contribution < -0.4 is 0 Å². The van der Waals surface area contributed by atoms with Crippen LogP contribution in [0.25, 0.3) is 11.1 Å². The molecular weight excluding hydrogens is 376 g/mol. The molecule has 0 aliphatic heterocycles. The highest BCUT2D eigenvalue weighted by molar-refractivity contribution is 9.10. The van der Waals surface area contributed by atoms with Crippen LogP contribution in [-0.4, -0.2) is 0 Å². The van der Waals surface area contributed by atoms with Crippen molar-refractivity contribution < 1.29 is 0 Å². The fourth-order valence-electron chi connectivity index (χ4n) is 4.13. The van der Waals surface area contributed by atoms with Gasteiger partial charge in [-0.25, -0.2) is 0 Å². The van der Waals surface area contributed by atoms with Gasteiger partial charge in [0, 0.05) is 14.4 Å². The van der Waals surface area contributed by atoms with E-state index in [-0.39, 0.29) is 5.41 Å². The topological polar surface area (TPSA) is 0 Å². The second-order valence-electron chi connectivity index (χ2n) is 6.02. The quantitative estimate of drug-likeness (QED) is 0.484. The molecule has 0 radical (unpaired) electrons. The monoisotopic (exact) mass is 390 g/mol. The second-order valence-corrected chi connectivity index (χ2v) is 7.85. The first-order valence-electron chi connectivity index (χ1n) is 7.31. The number of hydrogen-bond donors (Lipinski definition) is 0. The molecule has 102 valence electrons. The van der Waals surface area contributed by atoms with Crippen molar-refractivity contribution in [2.24, 2.45) is 0 Å². The highest BCUT2D eigenvalue weighted by Gasteiger charge is 2.43. The van der Waals surface area contributed by atoms with Gasteiger partial charge >= 0.3 is 0 Å². The maximum Gasteiger partial charge on any atom is 0.0216 e.